The molecule has 1 N–H and O–H groups in total. The molecule has 0 bridgehead atoms. The summed E-state index contributed by atoms with van der Waals surface area (Å²) in [7, 11) is 0. The molecule has 1 aromatic heterocycles. The molecule has 0 atom stereocenters. The van der Waals surface area contributed by atoms with Crippen molar-refractivity contribution in [1.29, 1.82) is 0 Å². The Bertz CT molecular complexity index is 858. The van der Waals surface area contributed by atoms with E-state index in [4.69, 9.17) is 0 Å². The number of hydrazone groups is 1. The van der Waals surface area contributed by atoms with Crippen LogP contribution in [-0.4, -0.2) is 21.9 Å². The fourth-order valence-corrected chi connectivity index (χ4v) is 2.64. The number of hydrogen-bond donors (Lipinski definition) is 1. The molecular weight excluding hydrogens is 368 g/mol. The van der Waals surface area contributed by atoms with E-state index >= 15 is 0 Å². The third-order valence-corrected chi connectivity index (χ3v) is 4.03. The quantitative estimate of drug-likeness (QED) is 0.542. The zero-order chi connectivity index (χ0) is 16.8. The Labute approximate surface area is 148 Å². The van der Waals surface area contributed by atoms with Crippen LogP contribution in [0.25, 0.3) is 0 Å². The van der Waals surface area contributed by atoms with Gasteiger partial charge in [0.15, 0.2) is 0 Å². The second-order valence-corrected chi connectivity index (χ2v) is 5.99. The highest BCUT2D eigenvalue weighted by Crippen LogP contribution is 2.15. The van der Waals surface area contributed by atoms with E-state index in [1.165, 1.54) is 5.56 Å². The lowest BCUT2D eigenvalue weighted by Gasteiger charge is -2.01. The van der Waals surface area contributed by atoms with Gasteiger partial charge in [-0.1, -0.05) is 42.5 Å². The van der Waals surface area contributed by atoms with Crippen molar-refractivity contribution >= 4 is 28.1 Å². The Morgan fingerprint density at radius 1 is 1.17 bits per heavy atom. The monoisotopic (exact) mass is 382 g/mol. The van der Waals surface area contributed by atoms with Gasteiger partial charge in [-0.3, -0.25) is 9.48 Å². The molecule has 6 heteroatoms. The van der Waals surface area contributed by atoms with Crippen molar-refractivity contribution < 1.29 is 4.79 Å². The molecule has 24 heavy (non-hydrogen) atoms. The Hall–Kier alpha value is -2.73. The normalized spacial score (nSPS) is 10.9. The molecule has 0 radical (unpaired) electrons. The summed E-state index contributed by atoms with van der Waals surface area (Å²) in [6.45, 7) is 0.692. The van der Waals surface area contributed by atoms with E-state index in [2.05, 4.69) is 31.6 Å². The first-order valence-corrected chi connectivity index (χ1v) is 8.16. The number of carbonyl (C=O) groups excluding carboxylic acids is 1. The lowest BCUT2D eigenvalue weighted by atomic mass is 10.2. The van der Waals surface area contributed by atoms with Gasteiger partial charge in [0.25, 0.3) is 5.91 Å². The summed E-state index contributed by atoms with van der Waals surface area (Å²) in [6.07, 6.45) is 5.15. The highest BCUT2D eigenvalue weighted by molar-refractivity contribution is 9.10. The van der Waals surface area contributed by atoms with E-state index in [0.717, 1.165) is 10.0 Å². The molecule has 3 aromatic rings. The van der Waals surface area contributed by atoms with Crippen molar-refractivity contribution in [2.24, 2.45) is 5.10 Å². The summed E-state index contributed by atoms with van der Waals surface area (Å²) in [5.74, 6) is -0.268. The standard InChI is InChI=1S/C18H15BrN4O/c19-17-9-5-4-8-16(17)18(24)22-20-10-15-11-21-23(13-15)12-14-6-2-1-3-7-14/h1-11,13H,12H2,(H,22,24)/b20-10-. The summed E-state index contributed by atoms with van der Waals surface area (Å²) in [5.41, 5.74) is 5.04. The fourth-order valence-electron chi connectivity index (χ4n) is 2.17. The molecule has 0 spiro atoms. The van der Waals surface area contributed by atoms with Gasteiger partial charge in [-0.25, -0.2) is 5.43 Å². The van der Waals surface area contributed by atoms with Crippen molar-refractivity contribution in [1.82, 2.24) is 15.2 Å². The highest BCUT2D eigenvalue weighted by atomic mass is 79.9. The topological polar surface area (TPSA) is 59.3 Å². The summed E-state index contributed by atoms with van der Waals surface area (Å²) >= 11 is 3.34. The number of hydrogen-bond acceptors (Lipinski definition) is 3. The molecule has 0 aliphatic rings. The van der Waals surface area contributed by atoms with Crippen LogP contribution < -0.4 is 5.43 Å². The molecule has 3 rings (SSSR count). The van der Waals surface area contributed by atoms with Gasteiger partial charge in [0.05, 0.1) is 24.5 Å². The number of benzene rings is 2. The van der Waals surface area contributed by atoms with E-state index in [-0.39, 0.29) is 5.91 Å². The summed E-state index contributed by atoms with van der Waals surface area (Å²) in [5, 5.41) is 8.27. The number of nitrogens with one attached hydrogen (secondary N) is 1. The minimum absolute atomic E-state index is 0.268. The molecule has 0 fully saturated rings. The lowest BCUT2D eigenvalue weighted by Crippen LogP contribution is -2.17. The van der Waals surface area contributed by atoms with Crippen molar-refractivity contribution in [3.63, 3.8) is 0 Å². The Balaban J connectivity index is 1.59. The average Bonchev–Trinajstić information content (AvgIpc) is 3.03. The van der Waals surface area contributed by atoms with Crippen LogP contribution in [0.5, 0.6) is 0 Å². The molecule has 0 unspecified atom stereocenters. The number of amides is 1. The predicted molar refractivity (Wildman–Crippen MR) is 97.0 cm³/mol. The number of halogens is 1. The molecule has 0 aliphatic carbocycles. The average molecular weight is 383 g/mol. The Kier molecular flexibility index (Phi) is 5.18. The van der Waals surface area contributed by atoms with Gasteiger partial charge in [0, 0.05) is 16.2 Å². The third-order valence-electron chi connectivity index (χ3n) is 3.34. The maximum atomic E-state index is 12.0. The van der Waals surface area contributed by atoms with Gasteiger partial charge in [0.1, 0.15) is 0 Å². The molecule has 0 saturated carbocycles. The van der Waals surface area contributed by atoms with Gasteiger partial charge < -0.3 is 0 Å². The molecule has 0 saturated heterocycles. The maximum Gasteiger partial charge on any atom is 0.272 e. The smallest absolute Gasteiger partial charge is 0.268 e. The van der Waals surface area contributed by atoms with Gasteiger partial charge in [0.2, 0.25) is 0 Å². The first kappa shape index (κ1) is 16.1. The van der Waals surface area contributed by atoms with Gasteiger partial charge in [-0.15, -0.1) is 0 Å². The Morgan fingerprint density at radius 3 is 2.71 bits per heavy atom. The summed E-state index contributed by atoms with van der Waals surface area (Å²) < 4.78 is 2.56. The van der Waals surface area contributed by atoms with Crippen LogP contribution >= 0.6 is 15.9 Å². The predicted octanol–water partition coefficient (Wildman–Crippen LogP) is 3.46. The zero-order valence-corrected chi connectivity index (χ0v) is 14.3. The van der Waals surface area contributed by atoms with Crippen LogP contribution in [-0.2, 0) is 6.54 Å². The van der Waals surface area contributed by atoms with E-state index < -0.39 is 0 Å². The summed E-state index contributed by atoms with van der Waals surface area (Å²) in [4.78, 5) is 12.0. The number of carbonyl (C=O) groups is 1. The zero-order valence-electron chi connectivity index (χ0n) is 12.8. The minimum Gasteiger partial charge on any atom is -0.268 e. The second kappa shape index (κ2) is 7.70. The van der Waals surface area contributed by atoms with Crippen LogP contribution in [0.1, 0.15) is 21.5 Å². The summed E-state index contributed by atoms with van der Waals surface area (Å²) in [6, 6.07) is 17.3. The molecule has 1 heterocycles. The molecular formula is C18H15BrN4O. The third kappa shape index (κ3) is 4.17. The number of nitrogens with zero attached hydrogens (tertiary/aromatic N) is 3. The Morgan fingerprint density at radius 2 is 1.92 bits per heavy atom. The van der Waals surface area contributed by atoms with Crippen LogP contribution in [0.3, 0.4) is 0 Å². The van der Waals surface area contributed by atoms with Crippen LogP contribution in [0.15, 0.2) is 76.6 Å². The van der Waals surface area contributed by atoms with Crippen molar-refractivity contribution in [2.45, 2.75) is 6.54 Å². The SMILES string of the molecule is O=C(N/N=C\c1cnn(Cc2ccccc2)c1)c1ccccc1Br. The largest absolute Gasteiger partial charge is 0.272 e. The molecule has 1 amide bonds. The first-order valence-electron chi connectivity index (χ1n) is 7.37. The van der Waals surface area contributed by atoms with E-state index in [1.807, 2.05) is 53.3 Å². The number of rotatable bonds is 5. The molecule has 0 aliphatic heterocycles. The first-order chi connectivity index (χ1) is 11.7. The molecule has 120 valence electrons. The van der Waals surface area contributed by atoms with E-state index in [0.29, 0.717) is 12.1 Å². The van der Waals surface area contributed by atoms with Gasteiger partial charge in [-0.05, 0) is 33.6 Å². The van der Waals surface area contributed by atoms with Gasteiger partial charge >= 0.3 is 0 Å². The van der Waals surface area contributed by atoms with Crippen molar-refractivity contribution in [3.8, 4) is 0 Å². The fraction of sp³-hybridized carbons (Fsp3) is 0.0556. The molecule has 5 nitrogen and oxygen atoms in total. The van der Waals surface area contributed by atoms with E-state index in [9.17, 15) is 4.79 Å². The lowest BCUT2D eigenvalue weighted by molar-refractivity contribution is 0.0954. The van der Waals surface area contributed by atoms with Crippen molar-refractivity contribution in [2.75, 3.05) is 0 Å². The van der Waals surface area contributed by atoms with Crippen LogP contribution in [0.2, 0.25) is 0 Å². The minimum atomic E-state index is -0.268. The molecule has 2 aromatic carbocycles. The number of aromatic nitrogens is 2. The van der Waals surface area contributed by atoms with Crippen molar-refractivity contribution in [3.05, 3.63) is 88.2 Å². The highest BCUT2D eigenvalue weighted by Gasteiger charge is 2.07. The maximum absolute atomic E-state index is 12.0. The second-order valence-electron chi connectivity index (χ2n) is 5.14. The van der Waals surface area contributed by atoms with Crippen LogP contribution in [0, 0.1) is 0 Å². The van der Waals surface area contributed by atoms with Gasteiger partial charge in [-0.2, -0.15) is 10.2 Å². The van der Waals surface area contributed by atoms with Crippen LogP contribution in [0.4, 0.5) is 0 Å². The van der Waals surface area contributed by atoms with E-state index in [1.54, 1.807) is 24.5 Å².